The molecule has 0 atom stereocenters. The van der Waals surface area contributed by atoms with Crippen LogP contribution in [-0.2, 0) is 13.1 Å². The highest BCUT2D eigenvalue weighted by atomic mass is 32.1. The van der Waals surface area contributed by atoms with Crippen LogP contribution < -0.4 is 5.32 Å². The molecule has 0 saturated carbocycles. The molecule has 90 valence electrons. The molecule has 0 bridgehead atoms. The zero-order chi connectivity index (χ0) is 12.3. The lowest BCUT2D eigenvalue weighted by atomic mass is 10.2. The Morgan fingerprint density at radius 1 is 1.47 bits per heavy atom. The number of aromatic nitrogens is 1. The van der Waals surface area contributed by atoms with E-state index in [2.05, 4.69) is 10.3 Å². The van der Waals surface area contributed by atoms with Crippen LogP contribution in [-0.4, -0.2) is 16.1 Å². The van der Waals surface area contributed by atoms with Gasteiger partial charge in [-0.1, -0.05) is 0 Å². The molecule has 0 radical (unpaired) electrons. The summed E-state index contributed by atoms with van der Waals surface area (Å²) in [6, 6.07) is 1.84. The molecule has 2 aromatic heterocycles. The van der Waals surface area contributed by atoms with Crippen LogP contribution in [0.15, 0.2) is 16.8 Å². The summed E-state index contributed by atoms with van der Waals surface area (Å²) in [5.41, 5.74) is 1.83. The van der Waals surface area contributed by atoms with E-state index in [1.54, 1.807) is 16.7 Å². The highest BCUT2D eigenvalue weighted by molar-refractivity contribution is 7.12. The highest BCUT2D eigenvalue weighted by Crippen LogP contribution is 2.16. The van der Waals surface area contributed by atoms with Crippen molar-refractivity contribution in [2.75, 3.05) is 0 Å². The third-order valence-corrected chi connectivity index (χ3v) is 4.00. The van der Waals surface area contributed by atoms with Gasteiger partial charge in [-0.3, -0.25) is 0 Å². The minimum atomic E-state index is -0.860. The second kappa shape index (κ2) is 5.39. The molecule has 17 heavy (non-hydrogen) atoms. The summed E-state index contributed by atoms with van der Waals surface area (Å²) in [6.45, 7) is 3.19. The molecule has 2 heterocycles. The van der Waals surface area contributed by atoms with E-state index in [4.69, 9.17) is 5.11 Å². The van der Waals surface area contributed by atoms with E-state index >= 15 is 0 Å². The molecule has 0 unspecified atom stereocenters. The van der Waals surface area contributed by atoms with Crippen molar-refractivity contribution in [3.8, 4) is 0 Å². The molecule has 0 saturated heterocycles. The Balaban J connectivity index is 1.90. The Morgan fingerprint density at radius 2 is 2.29 bits per heavy atom. The normalized spacial score (nSPS) is 10.6. The van der Waals surface area contributed by atoms with Gasteiger partial charge in [-0.25, -0.2) is 9.78 Å². The molecule has 0 amide bonds. The molecule has 0 fully saturated rings. The van der Waals surface area contributed by atoms with Crippen molar-refractivity contribution < 1.29 is 9.90 Å². The number of hydrogen-bond donors (Lipinski definition) is 2. The lowest BCUT2D eigenvalue weighted by Gasteiger charge is -2.02. The average Bonchev–Trinajstić information content (AvgIpc) is 2.87. The van der Waals surface area contributed by atoms with Crippen molar-refractivity contribution in [2.24, 2.45) is 0 Å². The van der Waals surface area contributed by atoms with Crippen LogP contribution in [0.4, 0.5) is 0 Å². The second-order valence-corrected chi connectivity index (χ2v) is 5.52. The quantitative estimate of drug-likeness (QED) is 0.874. The van der Waals surface area contributed by atoms with Gasteiger partial charge in [-0.05, 0) is 23.9 Å². The SMILES string of the molecule is Cc1nc(CNCc2ccsc2C(=O)O)cs1. The van der Waals surface area contributed by atoms with Gasteiger partial charge in [-0.2, -0.15) is 0 Å². The molecule has 0 aromatic carbocycles. The average molecular weight is 268 g/mol. The molecular weight excluding hydrogens is 256 g/mol. The molecule has 0 aliphatic heterocycles. The maximum absolute atomic E-state index is 10.9. The Bertz CT molecular complexity index is 519. The van der Waals surface area contributed by atoms with Crippen LogP contribution >= 0.6 is 22.7 Å². The monoisotopic (exact) mass is 268 g/mol. The predicted molar refractivity (Wildman–Crippen MR) is 68.7 cm³/mol. The first-order valence-corrected chi connectivity index (χ1v) is 6.84. The summed E-state index contributed by atoms with van der Waals surface area (Å²) in [6.07, 6.45) is 0. The van der Waals surface area contributed by atoms with E-state index in [1.807, 2.05) is 18.4 Å². The molecule has 2 rings (SSSR count). The second-order valence-electron chi connectivity index (χ2n) is 3.54. The van der Waals surface area contributed by atoms with Crippen molar-refractivity contribution in [2.45, 2.75) is 20.0 Å². The first-order chi connectivity index (χ1) is 8.16. The lowest BCUT2D eigenvalue weighted by Crippen LogP contribution is -2.14. The number of thiazole rings is 1. The lowest BCUT2D eigenvalue weighted by molar-refractivity contribution is 0.0701. The minimum absolute atomic E-state index is 0.409. The number of carboxylic acid groups (broad SMARTS) is 1. The number of carboxylic acids is 1. The first kappa shape index (κ1) is 12.2. The summed E-state index contributed by atoms with van der Waals surface area (Å²) < 4.78 is 0. The van der Waals surface area contributed by atoms with Gasteiger partial charge in [0.1, 0.15) is 4.88 Å². The molecule has 2 N–H and O–H groups in total. The van der Waals surface area contributed by atoms with Gasteiger partial charge >= 0.3 is 5.97 Å². The summed E-state index contributed by atoms with van der Waals surface area (Å²) in [5, 5.41) is 17.0. The minimum Gasteiger partial charge on any atom is -0.477 e. The highest BCUT2D eigenvalue weighted by Gasteiger charge is 2.10. The smallest absolute Gasteiger partial charge is 0.346 e. The third kappa shape index (κ3) is 3.12. The summed E-state index contributed by atoms with van der Waals surface area (Å²) >= 11 is 2.87. The topological polar surface area (TPSA) is 62.2 Å². The molecule has 0 spiro atoms. The van der Waals surface area contributed by atoms with E-state index in [-0.39, 0.29) is 0 Å². The zero-order valence-corrected chi connectivity index (χ0v) is 10.9. The zero-order valence-electron chi connectivity index (χ0n) is 9.27. The number of aryl methyl sites for hydroxylation is 1. The predicted octanol–water partition coefficient (Wildman–Crippen LogP) is 2.50. The number of carbonyl (C=O) groups is 1. The molecule has 0 aliphatic carbocycles. The van der Waals surface area contributed by atoms with Crippen molar-refractivity contribution in [1.82, 2.24) is 10.3 Å². The van der Waals surface area contributed by atoms with Crippen LogP contribution in [0.2, 0.25) is 0 Å². The Hall–Kier alpha value is -1.24. The Kier molecular flexibility index (Phi) is 3.88. The number of thiophene rings is 1. The van der Waals surface area contributed by atoms with Gasteiger partial charge in [0, 0.05) is 18.5 Å². The summed E-state index contributed by atoms with van der Waals surface area (Å²) in [4.78, 5) is 15.6. The molecule has 6 heteroatoms. The van der Waals surface area contributed by atoms with E-state index < -0.39 is 5.97 Å². The number of hydrogen-bond acceptors (Lipinski definition) is 5. The number of rotatable bonds is 5. The number of nitrogens with one attached hydrogen (secondary N) is 1. The van der Waals surface area contributed by atoms with Gasteiger partial charge in [0.15, 0.2) is 0 Å². The Morgan fingerprint density at radius 3 is 2.94 bits per heavy atom. The third-order valence-electron chi connectivity index (χ3n) is 2.23. The van der Waals surface area contributed by atoms with Gasteiger partial charge < -0.3 is 10.4 Å². The van der Waals surface area contributed by atoms with Crippen LogP contribution in [0.1, 0.15) is 25.9 Å². The maximum Gasteiger partial charge on any atom is 0.346 e. The van der Waals surface area contributed by atoms with Crippen LogP contribution in [0.3, 0.4) is 0 Å². The van der Waals surface area contributed by atoms with Gasteiger partial charge in [0.05, 0.1) is 10.7 Å². The van der Waals surface area contributed by atoms with Gasteiger partial charge in [-0.15, -0.1) is 22.7 Å². The van der Waals surface area contributed by atoms with Crippen molar-refractivity contribution in [3.63, 3.8) is 0 Å². The van der Waals surface area contributed by atoms with E-state index in [9.17, 15) is 4.79 Å². The Labute approximate surface area is 107 Å². The number of nitrogens with zero attached hydrogens (tertiary/aromatic N) is 1. The molecule has 4 nitrogen and oxygen atoms in total. The summed E-state index contributed by atoms with van der Waals surface area (Å²) in [5.74, 6) is -0.860. The molecule has 2 aromatic rings. The fourth-order valence-electron chi connectivity index (χ4n) is 1.48. The van der Waals surface area contributed by atoms with E-state index in [1.165, 1.54) is 11.3 Å². The van der Waals surface area contributed by atoms with E-state index in [0.717, 1.165) is 16.3 Å². The maximum atomic E-state index is 10.9. The summed E-state index contributed by atoms with van der Waals surface area (Å²) in [7, 11) is 0. The molecule has 0 aliphatic rings. The van der Waals surface area contributed by atoms with Crippen LogP contribution in [0.25, 0.3) is 0 Å². The fraction of sp³-hybridized carbons (Fsp3) is 0.273. The van der Waals surface area contributed by atoms with Crippen molar-refractivity contribution in [1.29, 1.82) is 0 Å². The first-order valence-electron chi connectivity index (χ1n) is 5.08. The van der Waals surface area contributed by atoms with Gasteiger partial charge in [0.2, 0.25) is 0 Å². The van der Waals surface area contributed by atoms with E-state index in [0.29, 0.717) is 18.0 Å². The number of aromatic carboxylic acids is 1. The van der Waals surface area contributed by atoms with Crippen LogP contribution in [0, 0.1) is 6.92 Å². The van der Waals surface area contributed by atoms with Gasteiger partial charge in [0.25, 0.3) is 0 Å². The fourth-order valence-corrected chi connectivity index (χ4v) is 2.85. The largest absolute Gasteiger partial charge is 0.477 e. The standard InChI is InChI=1S/C11H12N2O2S2/c1-7-13-9(6-17-7)5-12-4-8-2-3-16-10(8)11(14)15/h2-3,6,12H,4-5H2,1H3,(H,14,15). The molecular formula is C11H12N2O2S2. The van der Waals surface area contributed by atoms with Crippen LogP contribution in [0.5, 0.6) is 0 Å². The van der Waals surface area contributed by atoms with Crippen molar-refractivity contribution >= 4 is 28.6 Å². The van der Waals surface area contributed by atoms with Crippen molar-refractivity contribution in [3.05, 3.63) is 38.0 Å².